The van der Waals surface area contributed by atoms with Gasteiger partial charge in [0.25, 0.3) is 0 Å². The first kappa shape index (κ1) is 13.4. The van der Waals surface area contributed by atoms with Gasteiger partial charge in [-0.05, 0) is 67.7 Å². The molecule has 2 unspecified atom stereocenters. The molecule has 2 aliphatic rings. The van der Waals surface area contributed by atoms with Gasteiger partial charge >= 0.3 is 0 Å². The molecule has 2 atom stereocenters. The Morgan fingerprint density at radius 3 is 2.35 bits per heavy atom. The first-order valence-electron chi connectivity index (χ1n) is 7.65. The van der Waals surface area contributed by atoms with E-state index in [1.807, 2.05) is 0 Å². The summed E-state index contributed by atoms with van der Waals surface area (Å²) in [6.45, 7) is 11.9. The molecule has 1 heteroatoms. The van der Waals surface area contributed by atoms with E-state index in [-0.39, 0.29) is 0 Å². The molecule has 0 saturated heterocycles. The predicted octanol–water partition coefficient (Wildman–Crippen LogP) is 4.23. The highest BCUT2D eigenvalue weighted by atomic mass is 14.9. The third-order valence-corrected chi connectivity index (χ3v) is 4.79. The lowest BCUT2D eigenvalue weighted by atomic mass is 9.74. The van der Waals surface area contributed by atoms with E-state index in [1.165, 1.54) is 45.2 Å². The molecule has 0 aromatic heterocycles. The van der Waals surface area contributed by atoms with E-state index in [2.05, 4.69) is 33.0 Å². The largest absolute Gasteiger partial charge is 0.316 e. The maximum atomic E-state index is 3.70. The van der Waals surface area contributed by atoms with Crippen molar-refractivity contribution in [2.24, 2.45) is 22.7 Å². The van der Waals surface area contributed by atoms with Crippen LogP contribution in [0.2, 0.25) is 0 Å². The second-order valence-corrected chi connectivity index (χ2v) is 7.90. The standard InChI is InChI=1S/C16H31N/c1-5-8-17-12-16(7-6-15(2,3)4)10-13-9-14(13)11-16/h13-14,17H,5-12H2,1-4H3. The van der Waals surface area contributed by atoms with Gasteiger partial charge in [0.1, 0.15) is 0 Å². The lowest BCUT2D eigenvalue weighted by Crippen LogP contribution is -2.34. The van der Waals surface area contributed by atoms with Gasteiger partial charge in [-0.3, -0.25) is 0 Å². The number of hydrogen-bond acceptors (Lipinski definition) is 1. The number of hydrogen-bond donors (Lipinski definition) is 1. The molecular formula is C16H31N. The Labute approximate surface area is 108 Å². The van der Waals surface area contributed by atoms with E-state index < -0.39 is 0 Å². The van der Waals surface area contributed by atoms with Crippen LogP contribution in [0.3, 0.4) is 0 Å². The Bertz CT molecular complexity index is 241. The Kier molecular flexibility index (Phi) is 3.87. The summed E-state index contributed by atoms with van der Waals surface area (Å²) in [4.78, 5) is 0. The number of fused-ring (bicyclic) bond motifs is 1. The normalized spacial score (nSPS) is 36.0. The smallest absolute Gasteiger partial charge is 0.000802 e. The van der Waals surface area contributed by atoms with Crippen LogP contribution in [0.1, 0.15) is 66.2 Å². The van der Waals surface area contributed by atoms with Crippen LogP contribution in [0.15, 0.2) is 0 Å². The topological polar surface area (TPSA) is 12.0 Å². The van der Waals surface area contributed by atoms with Gasteiger partial charge in [0, 0.05) is 6.54 Å². The highest BCUT2D eigenvalue weighted by Crippen LogP contribution is 2.61. The van der Waals surface area contributed by atoms with Crippen molar-refractivity contribution in [2.45, 2.75) is 66.2 Å². The summed E-state index contributed by atoms with van der Waals surface area (Å²) in [5, 5.41) is 3.70. The van der Waals surface area contributed by atoms with Crippen molar-refractivity contribution in [2.75, 3.05) is 13.1 Å². The summed E-state index contributed by atoms with van der Waals surface area (Å²) >= 11 is 0. The van der Waals surface area contributed by atoms with Crippen LogP contribution in [0.25, 0.3) is 0 Å². The lowest BCUT2D eigenvalue weighted by molar-refractivity contribution is 0.191. The minimum absolute atomic E-state index is 0.505. The fraction of sp³-hybridized carbons (Fsp3) is 1.00. The minimum Gasteiger partial charge on any atom is -0.316 e. The lowest BCUT2D eigenvalue weighted by Gasteiger charge is -2.34. The highest BCUT2D eigenvalue weighted by molar-refractivity contribution is 5.04. The molecule has 2 saturated carbocycles. The second kappa shape index (κ2) is 4.91. The third-order valence-electron chi connectivity index (χ3n) is 4.79. The van der Waals surface area contributed by atoms with Crippen LogP contribution in [0.5, 0.6) is 0 Å². The number of rotatable bonds is 6. The molecule has 100 valence electrons. The molecule has 1 nitrogen and oxygen atoms in total. The predicted molar refractivity (Wildman–Crippen MR) is 75.1 cm³/mol. The summed E-state index contributed by atoms with van der Waals surface area (Å²) in [7, 11) is 0. The summed E-state index contributed by atoms with van der Waals surface area (Å²) in [5.41, 5.74) is 1.17. The minimum atomic E-state index is 0.505. The molecule has 2 aliphatic carbocycles. The molecular weight excluding hydrogens is 206 g/mol. The molecule has 1 N–H and O–H groups in total. The zero-order valence-electron chi connectivity index (χ0n) is 12.3. The van der Waals surface area contributed by atoms with E-state index in [0.29, 0.717) is 10.8 Å². The van der Waals surface area contributed by atoms with Gasteiger partial charge in [0.15, 0.2) is 0 Å². The average Bonchev–Trinajstić information content (AvgIpc) is 2.84. The second-order valence-electron chi connectivity index (χ2n) is 7.90. The van der Waals surface area contributed by atoms with Gasteiger partial charge in [-0.15, -0.1) is 0 Å². The first-order valence-corrected chi connectivity index (χ1v) is 7.65. The van der Waals surface area contributed by atoms with Crippen molar-refractivity contribution < 1.29 is 0 Å². The van der Waals surface area contributed by atoms with Crippen LogP contribution < -0.4 is 5.32 Å². The molecule has 0 bridgehead atoms. The average molecular weight is 237 g/mol. The van der Waals surface area contributed by atoms with E-state index in [9.17, 15) is 0 Å². The third kappa shape index (κ3) is 3.71. The molecule has 2 rings (SSSR count). The quantitative estimate of drug-likeness (QED) is 0.682. The maximum Gasteiger partial charge on any atom is 0.000802 e. The van der Waals surface area contributed by atoms with Crippen molar-refractivity contribution in [3.63, 3.8) is 0 Å². The summed E-state index contributed by atoms with van der Waals surface area (Å²) < 4.78 is 0. The van der Waals surface area contributed by atoms with Gasteiger partial charge in [-0.2, -0.15) is 0 Å². The van der Waals surface area contributed by atoms with Crippen LogP contribution in [0.4, 0.5) is 0 Å². The summed E-state index contributed by atoms with van der Waals surface area (Å²) in [6, 6.07) is 0. The molecule has 0 radical (unpaired) electrons. The van der Waals surface area contributed by atoms with E-state index in [4.69, 9.17) is 0 Å². The summed E-state index contributed by atoms with van der Waals surface area (Å²) in [6.07, 6.45) is 8.68. The molecule has 17 heavy (non-hydrogen) atoms. The van der Waals surface area contributed by atoms with Crippen LogP contribution >= 0.6 is 0 Å². The van der Waals surface area contributed by atoms with Crippen molar-refractivity contribution in [1.29, 1.82) is 0 Å². The van der Waals surface area contributed by atoms with Crippen molar-refractivity contribution in [1.82, 2.24) is 5.32 Å². The zero-order valence-corrected chi connectivity index (χ0v) is 12.3. The van der Waals surface area contributed by atoms with E-state index in [1.54, 1.807) is 6.42 Å². The number of nitrogens with one attached hydrogen (secondary N) is 1. The fourth-order valence-electron chi connectivity index (χ4n) is 3.61. The molecule has 0 spiro atoms. The Morgan fingerprint density at radius 1 is 1.18 bits per heavy atom. The maximum absolute atomic E-state index is 3.70. The Hall–Kier alpha value is -0.0400. The molecule has 0 heterocycles. The van der Waals surface area contributed by atoms with Crippen molar-refractivity contribution >= 4 is 0 Å². The summed E-state index contributed by atoms with van der Waals surface area (Å²) in [5.74, 6) is 2.22. The van der Waals surface area contributed by atoms with Gasteiger partial charge in [-0.25, -0.2) is 0 Å². The van der Waals surface area contributed by atoms with Gasteiger partial charge in [0.2, 0.25) is 0 Å². The molecule has 2 fully saturated rings. The monoisotopic (exact) mass is 237 g/mol. The highest BCUT2D eigenvalue weighted by Gasteiger charge is 2.53. The first-order chi connectivity index (χ1) is 7.94. The van der Waals surface area contributed by atoms with Crippen LogP contribution in [0, 0.1) is 22.7 Å². The fourth-order valence-corrected chi connectivity index (χ4v) is 3.61. The van der Waals surface area contributed by atoms with E-state index >= 15 is 0 Å². The Morgan fingerprint density at radius 2 is 1.82 bits per heavy atom. The van der Waals surface area contributed by atoms with Gasteiger partial charge < -0.3 is 5.32 Å². The van der Waals surface area contributed by atoms with Gasteiger partial charge in [0.05, 0.1) is 0 Å². The van der Waals surface area contributed by atoms with E-state index in [0.717, 1.165) is 11.8 Å². The zero-order chi connectivity index (χ0) is 12.5. The molecule has 0 aromatic carbocycles. The van der Waals surface area contributed by atoms with Crippen LogP contribution in [-0.2, 0) is 0 Å². The molecule has 0 amide bonds. The van der Waals surface area contributed by atoms with Crippen LogP contribution in [-0.4, -0.2) is 13.1 Å². The van der Waals surface area contributed by atoms with Crippen molar-refractivity contribution in [3.8, 4) is 0 Å². The van der Waals surface area contributed by atoms with Gasteiger partial charge in [-0.1, -0.05) is 27.7 Å². The van der Waals surface area contributed by atoms with Crippen molar-refractivity contribution in [3.05, 3.63) is 0 Å². The molecule has 0 aromatic rings. The molecule has 0 aliphatic heterocycles. The SMILES string of the molecule is CCCNCC1(CCC(C)(C)C)CC2CC2C1. The Balaban J connectivity index is 1.84.